The van der Waals surface area contributed by atoms with Gasteiger partial charge in [-0.25, -0.2) is 4.98 Å². The highest BCUT2D eigenvalue weighted by molar-refractivity contribution is 5.94. The van der Waals surface area contributed by atoms with Crippen molar-refractivity contribution in [2.24, 2.45) is 0 Å². The molecule has 0 spiro atoms. The zero-order valence-electron chi connectivity index (χ0n) is 12.1. The molecule has 1 amide bonds. The summed E-state index contributed by atoms with van der Waals surface area (Å²) in [6, 6.07) is 8.91. The van der Waals surface area contributed by atoms with E-state index in [-0.39, 0.29) is 5.91 Å². The molecule has 0 atom stereocenters. The van der Waals surface area contributed by atoms with Gasteiger partial charge in [0.15, 0.2) is 0 Å². The van der Waals surface area contributed by atoms with Gasteiger partial charge in [-0.15, -0.1) is 0 Å². The number of aromatic nitrogens is 1. The summed E-state index contributed by atoms with van der Waals surface area (Å²) in [5.41, 5.74) is 15.1. The van der Waals surface area contributed by atoms with Crippen molar-refractivity contribution in [3.63, 3.8) is 0 Å². The van der Waals surface area contributed by atoms with Crippen molar-refractivity contribution in [2.75, 3.05) is 25.6 Å². The quantitative estimate of drug-likeness (QED) is 0.901. The van der Waals surface area contributed by atoms with E-state index in [4.69, 9.17) is 11.5 Å². The molecule has 5 nitrogen and oxygen atoms in total. The minimum atomic E-state index is -0.0418. The van der Waals surface area contributed by atoms with Crippen LogP contribution < -0.4 is 11.5 Å². The maximum Gasteiger partial charge on any atom is 0.253 e. The first-order valence-electron chi connectivity index (χ1n) is 6.42. The number of anilines is 2. The largest absolute Gasteiger partial charge is 0.397 e. The second kappa shape index (κ2) is 5.66. The zero-order valence-corrected chi connectivity index (χ0v) is 12.1. The van der Waals surface area contributed by atoms with Crippen LogP contribution in [-0.4, -0.2) is 29.9 Å². The Balaban J connectivity index is 2.32. The average Bonchev–Trinajstić information content (AvgIpc) is 2.48. The average molecular weight is 282 g/mol. The lowest BCUT2D eigenvalue weighted by Crippen LogP contribution is -2.21. The van der Waals surface area contributed by atoms with Crippen molar-refractivity contribution in [1.29, 1.82) is 0 Å². The maximum atomic E-state index is 11.9. The van der Waals surface area contributed by atoms with Crippen LogP contribution in [0.5, 0.6) is 0 Å². The summed E-state index contributed by atoms with van der Waals surface area (Å²) in [5, 5.41) is 0. The van der Waals surface area contributed by atoms with Gasteiger partial charge >= 0.3 is 0 Å². The van der Waals surface area contributed by atoms with Crippen LogP contribution in [0.15, 0.2) is 43.1 Å². The van der Waals surface area contributed by atoms with E-state index < -0.39 is 0 Å². The van der Waals surface area contributed by atoms with E-state index in [2.05, 4.69) is 11.6 Å². The van der Waals surface area contributed by atoms with Gasteiger partial charge in [0.05, 0.1) is 11.9 Å². The van der Waals surface area contributed by atoms with Gasteiger partial charge in [-0.1, -0.05) is 18.7 Å². The molecule has 0 saturated carbocycles. The molecule has 1 aromatic heterocycles. The predicted molar refractivity (Wildman–Crippen MR) is 85.7 cm³/mol. The molecule has 0 radical (unpaired) electrons. The van der Waals surface area contributed by atoms with Crippen LogP contribution in [0.2, 0.25) is 0 Å². The van der Waals surface area contributed by atoms with Crippen LogP contribution in [0, 0.1) is 0 Å². The van der Waals surface area contributed by atoms with E-state index in [0.717, 1.165) is 16.7 Å². The highest BCUT2D eigenvalue weighted by atomic mass is 16.2. The maximum absolute atomic E-state index is 11.9. The van der Waals surface area contributed by atoms with Crippen LogP contribution in [0.3, 0.4) is 0 Å². The first-order chi connectivity index (χ1) is 9.90. The van der Waals surface area contributed by atoms with Crippen LogP contribution >= 0.6 is 0 Å². The topological polar surface area (TPSA) is 85.2 Å². The molecular weight excluding hydrogens is 264 g/mol. The fraction of sp³-hybridized carbons (Fsp3) is 0.125. The predicted octanol–water partition coefficient (Wildman–Crippen LogP) is 2.01. The van der Waals surface area contributed by atoms with Crippen LogP contribution in [-0.2, 0) is 0 Å². The standard InChI is InChI=1S/C16H18N4O/c1-10(13-8-15(18)19-9-14(13)17)11-4-6-12(7-5-11)16(21)20(2)3/h4-9H,1,17H2,2-3H3,(H2,18,19). The van der Waals surface area contributed by atoms with Gasteiger partial charge in [-0.2, -0.15) is 0 Å². The SMILES string of the molecule is C=C(c1ccc(C(=O)N(C)C)cc1)c1cc(N)ncc1N. The lowest BCUT2D eigenvalue weighted by Gasteiger charge is -2.12. The Bertz CT molecular complexity index is 690. The lowest BCUT2D eigenvalue weighted by molar-refractivity contribution is 0.0827. The lowest BCUT2D eigenvalue weighted by atomic mass is 9.98. The molecule has 0 unspecified atom stereocenters. The van der Waals surface area contributed by atoms with Crippen LogP contribution in [0.1, 0.15) is 21.5 Å². The monoisotopic (exact) mass is 282 g/mol. The van der Waals surface area contributed by atoms with Crippen molar-refractivity contribution in [2.45, 2.75) is 0 Å². The van der Waals surface area contributed by atoms with Crippen molar-refractivity contribution in [3.05, 3.63) is 59.8 Å². The molecule has 0 aliphatic rings. The summed E-state index contributed by atoms with van der Waals surface area (Å²) in [5.74, 6) is 0.347. The van der Waals surface area contributed by atoms with Gasteiger partial charge in [-0.3, -0.25) is 4.79 Å². The zero-order chi connectivity index (χ0) is 15.6. The van der Waals surface area contributed by atoms with Crippen molar-refractivity contribution < 1.29 is 4.79 Å². The Morgan fingerprint density at radius 3 is 2.29 bits per heavy atom. The highest BCUT2D eigenvalue weighted by Gasteiger charge is 2.10. The summed E-state index contributed by atoms with van der Waals surface area (Å²) in [7, 11) is 3.44. The number of carbonyl (C=O) groups is 1. The molecule has 0 aliphatic carbocycles. The molecule has 1 heterocycles. The Hall–Kier alpha value is -2.82. The van der Waals surface area contributed by atoms with E-state index in [1.807, 2.05) is 12.1 Å². The van der Waals surface area contributed by atoms with E-state index in [0.29, 0.717) is 17.1 Å². The van der Waals surface area contributed by atoms with Crippen LogP contribution in [0.4, 0.5) is 11.5 Å². The Labute approximate surface area is 123 Å². The van der Waals surface area contributed by atoms with Crippen molar-refractivity contribution in [3.8, 4) is 0 Å². The molecule has 2 aromatic rings. The van der Waals surface area contributed by atoms with E-state index >= 15 is 0 Å². The number of nitrogen functional groups attached to an aromatic ring is 2. The van der Waals surface area contributed by atoms with Gasteiger partial charge < -0.3 is 16.4 Å². The number of hydrogen-bond acceptors (Lipinski definition) is 4. The Morgan fingerprint density at radius 2 is 1.71 bits per heavy atom. The second-order valence-corrected chi connectivity index (χ2v) is 4.95. The van der Waals surface area contributed by atoms with E-state index in [1.165, 1.54) is 11.1 Å². The summed E-state index contributed by atoms with van der Waals surface area (Å²) < 4.78 is 0. The third-order valence-electron chi connectivity index (χ3n) is 3.17. The smallest absolute Gasteiger partial charge is 0.253 e. The normalized spacial score (nSPS) is 10.2. The fourth-order valence-electron chi connectivity index (χ4n) is 1.97. The minimum Gasteiger partial charge on any atom is -0.397 e. The fourth-order valence-corrected chi connectivity index (χ4v) is 1.97. The number of nitrogens with zero attached hydrogens (tertiary/aromatic N) is 2. The summed E-state index contributed by atoms with van der Waals surface area (Å²) in [6.45, 7) is 4.05. The van der Waals surface area contributed by atoms with E-state index in [1.54, 1.807) is 32.3 Å². The Kier molecular flexibility index (Phi) is 3.93. The number of pyridine rings is 1. The van der Waals surface area contributed by atoms with Crippen molar-refractivity contribution in [1.82, 2.24) is 9.88 Å². The molecule has 2 rings (SSSR count). The molecule has 0 fully saturated rings. The number of nitrogens with two attached hydrogens (primary N) is 2. The third kappa shape index (κ3) is 3.02. The number of rotatable bonds is 3. The molecule has 1 aromatic carbocycles. The summed E-state index contributed by atoms with van der Waals surface area (Å²) in [6.07, 6.45) is 1.51. The van der Waals surface area contributed by atoms with E-state index in [9.17, 15) is 4.79 Å². The summed E-state index contributed by atoms with van der Waals surface area (Å²) in [4.78, 5) is 17.3. The van der Waals surface area contributed by atoms with Crippen molar-refractivity contribution >= 4 is 23.0 Å². The first-order valence-corrected chi connectivity index (χ1v) is 6.42. The third-order valence-corrected chi connectivity index (χ3v) is 3.17. The molecule has 5 heteroatoms. The van der Waals surface area contributed by atoms with Crippen LogP contribution in [0.25, 0.3) is 5.57 Å². The molecule has 0 aliphatic heterocycles. The number of hydrogen-bond donors (Lipinski definition) is 2. The second-order valence-electron chi connectivity index (χ2n) is 4.95. The van der Waals surface area contributed by atoms with Gasteiger partial charge in [0, 0.05) is 25.2 Å². The number of carbonyl (C=O) groups excluding carboxylic acids is 1. The summed E-state index contributed by atoms with van der Waals surface area (Å²) >= 11 is 0. The molecule has 0 bridgehead atoms. The molecular formula is C16H18N4O. The number of benzene rings is 1. The Morgan fingerprint density at radius 1 is 1.14 bits per heavy atom. The minimum absolute atomic E-state index is 0.0418. The van der Waals surface area contributed by atoms with Gasteiger partial charge in [-0.05, 0) is 29.3 Å². The molecule has 21 heavy (non-hydrogen) atoms. The first kappa shape index (κ1) is 14.6. The van der Waals surface area contributed by atoms with Gasteiger partial charge in [0.2, 0.25) is 0 Å². The number of amides is 1. The highest BCUT2D eigenvalue weighted by Crippen LogP contribution is 2.27. The molecule has 0 saturated heterocycles. The van der Waals surface area contributed by atoms with Gasteiger partial charge in [0.1, 0.15) is 5.82 Å². The molecule has 4 N–H and O–H groups in total. The molecule has 108 valence electrons. The van der Waals surface area contributed by atoms with Gasteiger partial charge in [0.25, 0.3) is 5.91 Å².